The maximum absolute atomic E-state index is 5.69. The van der Waals surface area contributed by atoms with E-state index in [0.717, 1.165) is 17.0 Å². The van der Waals surface area contributed by atoms with E-state index in [1.807, 2.05) is 18.5 Å². The van der Waals surface area contributed by atoms with Crippen molar-refractivity contribution in [2.45, 2.75) is 38.3 Å². The Kier molecular flexibility index (Phi) is 3.11. The summed E-state index contributed by atoms with van der Waals surface area (Å²) in [5.74, 6) is 0.970. The first-order chi connectivity index (χ1) is 8.88. The molecule has 1 saturated carbocycles. The standard InChI is InChI=1S/C14H18N4/c15-9-11-4-3-5-12(8-11)14-17-16-10-18(14)13-6-1-2-7-13/h3-5,8,10,13H,1-2,6-7,9,15H2. The molecule has 0 radical (unpaired) electrons. The number of benzene rings is 1. The van der Waals surface area contributed by atoms with Crippen molar-refractivity contribution in [1.29, 1.82) is 0 Å². The SMILES string of the molecule is NCc1cccc(-c2nncn2C2CCCC2)c1. The molecule has 0 atom stereocenters. The van der Waals surface area contributed by atoms with Gasteiger partial charge in [0.15, 0.2) is 5.82 Å². The molecule has 0 spiro atoms. The van der Waals surface area contributed by atoms with Crippen LogP contribution >= 0.6 is 0 Å². The van der Waals surface area contributed by atoms with Crippen molar-refractivity contribution in [3.63, 3.8) is 0 Å². The Hall–Kier alpha value is -1.68. The first kappa shape index (κ1) is 11.4. The lowest BCUT2D eigenvalue weighted by Gasteiger charge is -2.13. The van der Waals surface area contributed by atoms with Gasteiger partial charge in [0, 0.05) is 18.2 Å². The summed E-state index contributed by atoms with van der Waals surface area (Å²) in [6.45, 7) is 0.561. The minimum atomic E-state index is 0.561. The third-order valence-electron chi connectivity index (χ3n) is 3.71. The van der Waals surface area contributed by atoms with Gasteiger partial charge in [-0.3, -0.25) is 0 Å². The summed E-state index contributed by atoms with van der Waals surface area (Å²) in [6, 6.07) is 8.83. The summed E-state index contributed by atoms with van der Waals surface area (Å²) in [6.07, 6.45) is 6.96. The van der Waals surface area contributed by atoms with Crippen molar-refractivity contribution in [2.24, 2.45) is 5.73 Å². The zero-order valence-corrected chi connectivity index (χ0v) is 10.4. The van der Waals surface area contributed by atoms with Crippen LogP contribution < -0.4 is 5.73 Å². The number of rotatable bonds is 3. The average Bonchev–Trinajstić information content (AvgIpc) is 3.09. The monoisotopic (exact) mass is 242 g/mol. The van der Waals surface area contributed by atoms with Gasteiger partial charge in [-0.05, 0) is 24.5 Å². The minimum Gasteiger partial charge on any atom is -0.326 e. The van der Waals surface area contributed by atoms with Gasteiger partial charge in [0.05, 0.1) is 0 Å². The second-order valence-corrected chi connectivity index (χ2v) is 4.90. The van der Waals surface area contributed by atoms with Crippen molar-refractivity contribution in [3.05, 3.63) is 36.2 Å². The molecule has 1 aliphatic rings. The molecule has 18 heavy (non-hydrogen) atoms. The molecular formula is C14H18N4. The van der Waals surface area contributed by atoms with E-state index < -0.39 is 0 Å². The zero-order chi connectivity index (χ0) is 12.4. The first-order valence-corrected chi connectivity index (χ1v) is 6.57. The second-order valence-electron chi connectivity index (χ2n) is 4.90. The molecule has 2 aromatic rings. The van der Waals surface area contributed by atoms with Crippen LogP contribution in [0.1, 0.15) is 37.3 Å². The van der Waals surface area contributed by atoms with Crippen molar-refractivity contribution in [2.75, 3.05) is 0 Å². The molecule has 1 aromatic carbocycles. The van der Waals surface area contributed by atoms with Crippen LogP contribution in [0.25, 0.3) is 11.4 Å². The van der Waals surface area contributed by atoms with Gasteiger partial charge >= 0.3 is 0 Å². The van der Waals surface area contributed by atoms with Crippen molar-refractivity contribution in [1.82, 2.24) is 14.8 Å². The van der Waals surface area contributed by atoms with Gasteiger partial charge in [-0.25, -0.2) is 0 Å². The zero-order valence-electron chi connectivity index (χ0n) is 10.4. The van der Waals surface area contributed by atoms with Gasteiger partial charge in [-0.15, -0.1) is 10.2 Å². The molecule has 4 heteroatoms. The highest BCUT2D eigenvalue weighted by Gasteiger charge is 2.20. The fraction of sp³-hybridized carbons (Fsp3) is 0.429. The van der Waals surface area contributed by atoms with E-state index in [0.29, 0.717) is 12.6 Å². The Morgan fingerprint density at radius 3 is 2.89 bits per heavy atom. The number of nitrogens with two attached hydrogens (primary N) is 1. The van der Waals surface area contributed by atoms with Crippen molar-refractivity contribution < 1.29 is 0 Å². The Bertz CT molecular complexity index is 526. The van der Waals surface area contributed by atoms with Crippen LogP contribution in [0.15, 0.2) is 30.6 Å². The summed E-state index contributed by atoms with van der Waals surface area (Å²) >= 11 is 0. The van der Waals surface area contributed by atoms with E-state index in [-0.39, 0.29) is 0 Å². The molecule has 2 N–H and O–H groups in total. The van der Waals surface area contributed by atoms with E-state index in [1.165, 1.54) is 25.7 Å². The van der Waals surface area contributed by atoms with Gasteiger partial charge in [-0.2, -0.15) is 0 Å². The molecule has 3 rings (SSSR count). The fourth-order valence-corrected chi connectivity index (χ4v) is 2.74. The predicted molar refractivity (Wildman–Crippen MR) is 70.9 cm³/mol. The molecular weight excluding hydrogens is 224 g/mol. The van der Waals surface area contributed by atoms with Gasteiger partial charge in [0.1, 0.15) is 6.33 Å². The average molecular weight is 242 g/mol. The molecule has 1 aromatic heterocycles. The number of hydrogen-bond acceptors (Lipinski definition) is 3. The molecule has 1 heterocycles. The number of nitrogens with zero attached hydrogens (tertiary/aromatic N) is 3. The number of hydrogen-bond donors (Lipinski definition) is 1. The highest BCUT2D eigenvalue weighted by Crippen LogP contribution is 2.32. The van der Waals surface area contributed by atoms with Crippen LogP contribution in [0.5, 0.6) is 0 Å². The Balaban J connectivity index is 1.98. The summed E-state index contributed by atoms with van der Waals surface area (Å²) in [4.78, 5) is 0. The molecule has 0 bridgehead atoms. The third kappa shape index (κ3) is 2.04. The van der Waals surface area contributed by atoms with Crippen LogP contribution in [-0.4, -0.2) is 14.8 Å². The maximum atomic E-state index is 5.69. The largest absolute Gasteiger partial charge is 0.326 e. The lowest BCUT2D eigenvalue weighted by molar-refractivity contribution is 0.522. The van der Waals surface area contributed by atoms with E-state index in [9.17, 15) is 0 Å². The Morgan fingerprint density at radius 1 is 1.28 bits per heavy atom. The van der Waals surface area contributed by atoms with Crippen LogP contribution in [0.4, 0.5) is 0 Å². The minimum absolute atomic E-state index is 0.561. The first-order valence-electron chi connectivity index (χ1n) is 6.57. The highest BCUT2D eigenvalue weighted by atomic mass is 15.3. The third-order valence-corrected chi connectivity index (χ3v) is 3.71. The molecule has 1 aliphatic carbocycles. The maximum Gasteiger partial charge on any atom is 0.164 e. The fourth-order valence-electron chi connectivity index (χ4n) is 2.74. The second kappa shape index (κ2) is 4.90. The number of aromatic nitrogens is 3. The van der Waals surface area contributed by atoms with Crippen molar-refractivity contribution in [3.8, 4) is 11.4 Å². The highest BCUT2D eigenvalue weighted by molar-refractivity contribution is 5.56. The molecule has 0 amide bonds. The van der Waals surface area contributed by atoms with Gasteiger partial charge in [0.2, 0.25) is 0 Å². The Morgan fingerprint density at radius 2 is 2.11 bits per heavy atom. The smallest absolute Gasteiger partial charge is 0.164 e. The lowest BCUT2D eigenvalue weighted by atomic mass is 10.1. The predicted octanol–water partition coefficient (Wildman–Crippen LogP) is 2.52. The summed E-state index contributed by atoms with van der Waals surface area (Å²) in [7, 11) is 0. The van der Waals surface area contributed by atoms with Crippen LogP contribution in [0.3, 0.4) is 0 Å². The molecule has 94 valence electrons. The van der Waals surface area contributed by atoms with Crippen LogP contribution in [-0.2, 0) is 6.54 Å². The van der Waals surface area contributed by atoms with E-state index in [1.54, 1.807) is 0 Å². The topological polar surface area (TPSA) is 56.7 Å². The van der Waals surface area contributed by atoms with Gasteiger partial charge < -0.3 is 10.3 Å². The van der Waals surface area contributed by atoms with Crippen LogP contribution in [0.2, 0.25) is 0 Å². The molecule has 0 aliphatic heterocycles. The Labute approximate surface area is 107 Å². The molecule has 4 nitrogen and oxygen atoms in total. The summed E-state index contributed by atoms with van der Waals surface area (Å²) < 4.78 is 2.22. The lowest BCUT2D eigenvalue weighted by Crippen LogP contribution is -2.06. The van der Waals surface area contributed by atoms with Gasteiger partial charge in [-0.1, -0.05) is 31.0 Å². The van der Waals surface area contributed by atoms with Crippen LogP contribution in [0, 0.1) is 0 Å². The van der Waals surface area contributed by atoms with Crippen molar-refractivity contribution >= 4 is 0 Å². The van der Waals surface area contributed by atoms with E-state index in [2.05, 4.69) is 26.9 Å². The molecule has 0 saturated heterocycles. The summed E-state index contributed by atoms with van der Waals surface area (Å²) in [5, 5.41) is 8.36. The normalized spacial score (nSPS) is 16.3. The van der Waals surface area contributed by atoms with E-state index >= 15 is 0 Å². The molecule has 0 unspecified atom stereocenters. The van der Waals surface area contributed by atoms with Gasteiger partial charge in [0.25, 0.3) is 0 Å². The molecule has 1 fully saturated rings. The van der Waals surface area contributed by atoms with E-state index in [4.69, 9.17) is 5.73 Å². The quantitative estimate of drug-likeness (QED) is 0.899. The summed E-state index contributed by atoms with van der Waals surface area (Å²) in [5.41, 5.74) is 7.94.